The van der Waals surface area contributed by atoms with Crippen molar-refractivity contribution in [2.24, 2.45) is 23.3 Å². The van der Waals surface area contributed by atoms with Crippen molar-refractivity contribution in [3.8, 4) is 0 Å². The second kappa shape index (κ2) is 5.83. The fraction of sp³-hybridized carbons (Fsp3) is 0.923. The SMILES string of the molecule is CC1CN(CCCCC(C)(N)C(N)=O)CC1C. The van der Waals surface area contributed by atoms with Gasteiger partial charge in [-0.25, -0.2) is 0 Å². The smallest absolute Gasteiger partial charge is 0.237 e. The Morgan fingerprint density at radius 3 is 2.29 bits per heavy atom. The number of hydrogen-bond donors (Lipinski definition) is 2. The van der Waals surface area contributed by atoms with Crippen LogP contribution in [-0.4, -0.2) is 36.0 Å². The van der Waals surface area contributed by atoms with E-state index in [2.05, 4.69) is 18.7 Å². The number of nitrogens with two attached hydrogens (primary N) is 2. The summed E-state index contributed by atoms with van der Waals surface area (Å²) in [6.45, 7) is 9.87. The summed E-state index contributed by atoms with van der Waals surface area (Å²) in [6.07, 6.45) is 2.75. The number of carbonyl (C=O) groups excluding carboxylic acids is 1. The van der Waals surface area contributed by atoms with Crippen molar-refractivity contribution >= 4 is 5.91 Å². The highest BCUT2D eigenvalue weighted by Crippen LogP contribution is 2.22. The third-order valence-electron chi connectivity index (χ3n) is 4.05. The van der Waals surface area contributed by atoms with E-state index in [1.165, 1.54) is 13.1 Å². The fourth-order valence-corrected chi connectivity index (χ4v) is 2.38. The van der Waals surface area contributed by atoms with Crippen molar-refractivity contribution in [3.05, 3.63) is 0 Å². The van der Waals surface area contributed by atoms with E-state index in [1.807, 2.05) is 0 Å². The molecule has 0 aromatic carbocycles. The summed E-state index contributed by atoms with van der Waals surface area (Å²) in [7, 11) is 0. The molecule has 1 rings (SSSR count). The topological polar surface area (TPSA) is 72.3 Å². The lowest BCUT2D eigenvalue weighted by atomic mass is 9.95. The van der Waals surface area contributed by atoms with Crippen molar-refractivity contribution in [2.75, 3.05) is 19.6 Å². The second-order valence-corrected chi connectivity index (χ2v) is 5.95. The first-order chi connectivity index (χ1) is 7.83. The average Bonchev–Trinajstić information content (AvgIpc) is 2.53. The first kappa shape index (κ1) is 14.5. The van der Waals surface area contributed by atoms with Gasteiger partial charge >= 0.3 is 0 Å². The van der Waals surface area contributed by atoms with Gasteiger partial charge in [-0.1, -0.05) is 13.8 Å². The molecule has 4 N–H and O–H groups in total. The molecule has 0 aromatic heterocycles. The molecule has 4 nitrogen and oxygen atoms in total. The zero-order valence-electron chi connectivity index (χ0n) is 11.4. The average molecular weight is 241 g/mol. The van der Waals surface area contributed by atoms with Gasteiger partial charge in [0.2, 0.25) is 5.91 Å². The van der Waals surface area contributed by atoms with Crippen molar-refractivity contribution in [2.45, 2.75) is 45.6 Å². The molecule has 0 radical (unpaired) electrons. The molecule has 0 spiro atoms. The highest BCUT2D eigenvalue weighted by molar-refractivity contribution is 5.83. The Labute approximate surface area is 105 Å². The van der Waals surface area contributed by atoms with Crippen LogP contribution in [-0.2, 0) is 4.79 Å². The number of amides is 1. The van der Waals surface area contributed by atoms with Crippen molar-refractivity contribution in [3.63, 3.8) is 0 Å². The molecule has 1 amide bonds. The lowest BCUT2D eigenvalue weighted by Gasteiger charge is -2.21. The standard InChI is InChI=1S/C13H27N3O/c1-10-8-16(9-11(10)2)7-5-4-6-13(3,15)12(14)17/h10-11H,4-9,15H2,1-3H3,(H2,14,17). The molecule has 3 atom stereocenters. The van der Waals surface area contributed by atoms with Gasteiger partial charge in [0.1, 0.15) is 0 Å². The van der Waals surface area contributed by atoms with Crippen molar-refractivity contribution in [1.82, 2.24) is 4.90 Å². The lowest BCUT2D eigenvalue weighted by molar-refractivity contribution is -0.122. The molecule has 3 unspecified atom stereocenters. The predicted molar refractivity (Wildman–Crippen MR) is 70.4 cm³/mol. The van der Waals surface area contributed by atoms with E-state index in [4.69, 9.17) is 11.5 Å². The van der Waals surface area contributed by atoms with Crippen LogP contribution in [0.3, 0.4) is 0 Å². The van der Waals surface area contributed by atoms with E-state index in [-0.39, 0.29) is 0 Å². The van der Waals surface area contributed by atoms with Gasteiger partial charge in [0.05, 0.1) is 5.54 Å². The van der Waals surface area contributed by atoms with Crippen LogP contribution in [0.5, 0.6) is 0 Å². The minimum atomic E-state index is -0.842. The first-order valence-corrected chi connectivity index (χ1v) is 6.64. The van der Waals surface area contributed by atoms with Gasteiger partial charge < -0.3 is 16.4 Å². The van der Waals surface area contributed by atoms with Crippen LogP contribution in [0.25, 0.3) is 0 Å². The summed E-state index contributed by atoms with van der Waals surface area (Å²) in [4.78, 5) is 13.6. The van der Waals surface area contributed by atoms with Crippen LogP contribution in [0.1, 0.15) is 40.0 Å². The van der Waals surface area contributed by atoms with Crippen LogP contribution in [0.2, 0.25) is 0 Å². The quantitative estimate of drug-likeness (QED) is 0.680. The maximum atomic E-state index is 11.0. The molecule has 0 aromatic rings. The van der Waals surface area contributed by atoms with Gasteiger partial charge in [-0.05, 0) is 44.6 Å². The molecule has 4 heteroatoms. The van der Waals surface area contributed by atoms with Gasteiger partial charge in [0.15, 0.2) is 0 Å². The molecule has 0 saturated carbocycles. The largest absolute Gasteiger partial charge is 0.368 e. The number of carbonyl (C=O) groups is 1. The molecule has 1 aliphatic heterocycles. The zero-order valence-corrected chi connectivity index (χ0v) is 11.4. The third kappa shape index (κ3) is 4.28. The van der Waals surface area contributed by atoms with E-state index in [1.54, 1.807) is 6.92 Å². The monoisotopic (exact) mass is 241 g/mol. The lowest BCUT2D eigenvalue weighted by Crippen LogP contribution is -2.49. The number of nitrogens with zero attached hydrogens (tertiary/aromatic N) is 1. The van der Waals surface area contributed by atoms with Crippen molar-refractivity contribution in [1.29, 1.82) is 0 Å². The van der Waals surface area contributed by atoms with Crippen LogP contribution in [0, 0.1) is 11.8 Å². The summed E-state index contributed by atoms with van der Waals surface area (Å²) in [6, 6.07) is 0. The Bertz CT molecular complexity index is 255. The fourth-order valence-electron chi connectivity index (χ4n) is 2.38. The minimum absolute atomic E-state index is 0.402. The maximum absolute atomic E-state index is 11.0. The number of primary amides is 1. The summed E-state index contributed by atoms with van der Waals surface area (Å²) in [5, 5.41) is 0. The molecule has 0 bridgehead atoms. The summed E-state index contributed by atoms with van der Waals surface area (Å²) >= 11 is 0. The summed E-state index contributed by atoms with van der Waals surface area (Å²) in [5.41, 5.74) is 10.2. The molecule has 0 aliphatic carbocycles. The Morgan fingerprint density at radius 1 is 1.29 bits per heavy atom. The minimum Gasteiger partial charge on any atom is -0.368 e. The molecular weight excluding hydrogens is 214 g/mol. The zero-order chi connectivity index (χ0) is 13.1. The Balaban J connectivity index is 2.15. The van der Waals surface area contributed by atoms with Crippen LogP contribution < -0.4 is 11.5 Å². The van der Waals surface area contributed by atoms with Crippen LogP contribution >= 0.6 is 0 Å². The molecule has 17 heavy (non-hydrogen) atoms. The highest BCUT2D eigenvalue weighted by atomic mass is 16.1. The van der Waals surface area contributed by atoms with Crippen LogP contribution in [0.15, 0.2) is 0 Å². The van der Waals surface area contributed by atoms with Crippen LogP contribution in [0.4, 0.5) is 0 Å². The van der Waals surface area contributed by atoms with E-state index in [0.29, 0.717) is 6.42 Å². The number of likely N-dealkylation sites (tertiary alicyclic amines) is 1. The first-order valence-electron chi connectivity index (χ1n) is 6.64. The van der Waals surface area contributed by atoms with Gasteiger partial charge in [-0.2, -0.15) is 0 Å². The number of rotatable bonds is 6. The maximum Gasteiger partial charge on any atom is 0.237 e. The third-order valence-corrected chi connectivity index (χ3v) is 4.05. The number of unbranched alkanes of at least 4 members (excludes halogenated alkanes) is 1. The van der Waals surface area contributed by atoms with Gasteiger partial charge in [-0.3, -0.25) is 4.79 Å². The van der Waals surface area contributed by atoms with E-state index < -0.39 is 11.4 Å². The second-order valence-electron chi connectivity index (χ2n) is 5.95. The van der Waals surface area contributed by atoms with E-state index in [0.717, 1.165) is 31.2 Å². The molecular formula is C13H27N3O. The van der Waals surface area contributed by atoms with Gasteiger partial charge in [0.25, 0.3) is 0 Å². The molecule has 1 aliphatic rings. The Kier molecular flexibility index (Phi) is 4.95. The van der Waals surface area contributed by atoms with E-state index >= 15 is 0 Å². The highest BCUT2D eigenvalue weighted by Gasteiger charge is 2.27. The molecule has 1 saturated heterocycles. The summed E-state index contributed by atoms with van der Waals surface area (Å²) < 4.78 is 0. The van der Waals surface area contributed by atoms with Crippen molar-refractivity contribution < 1.29 is 4.79 Å². The van der Waals surface area contributed by atoms with E-state index in [9.17, 15) is 4.79 Å². The summed E-state index contributed by atoms with van der Waals surface area (Å²) in [5.74, 6) is 1.21. The number of hydrogen-bond acceptors (Lipinski definition) is 3. The molecule has 100 valence electrons. The van der Waals surface area contributed by atoms with Gasteiger partial charge in [-0.15, -0.1) is 0 Å². The molecule has 1 heterocycles. The predicted octanol–water partition coefficient (Wildman–Crippen LogP) is 0.947. The van der Waals surface area contributed by atoms with Gasteiger partial charge in [0, 0.05) is 13.1 Å². The normalized spacial score (nSPS) is 29.2. The Morgan fingerprint density at radius 2 is 1.82 bits per heavy atom. The Hall–Kier alpha value is -0.610. The molecule has 1 fully saturated rings.